The summed E-state index contributed by atoms with van der Waals surface area (Å²) in [6, 6.07) is 15.6. The Morgan fingerprint density at radius 2 is 1.30 bits per heavy atom. The second kappa shape index (κ2) is 5.25. The van der Waals surface area contributed by atoms with Crippen LogP contribution >= 0.6 is 23.2 Å². The monoisotopic (exact) mass is 304 g/mol. The number of rotatable bonds is 2. The van der Waals surface area contributed by atoms with E-state index in [0.717, 1.165) is 33.2 Å². The van der Waals surface area contributed by atoms with Crippen LogP contribution in [0.5, 0.6) is 0 Å². The molecule has 0 spiro atoms. The molecule has 0 N–H and O–H groups in total. The predicted octanol–water partition coefficient (Wildman–Crippen LogP) is 5.21. The molecule has 3 heteroatoms. The van der Waals surface area contributed by atoms with Crippen LogP contribution in [0.15, 0.2) is 60.7 Å². The minimum absolute atomic E-state index is 0.480. The molecule has 0 radical (unpaired) electrons. The Morgan fingerprint density at radius 1 is 0.850 bits per heavy atom. The average Bonchev–Trinajstić information content (AvgIpc) is 2.84. The molecule has 20 heavy (non-hydrogen) atoms. The molecule has 102 valence electrons. The average molecular weight is 305 g/mol. The van der Waals surface area contributed by atoms with E-state index in [1.807, 2.05) is 48.5 Å². The lowest BCUT2D eigenvalue weighted by atomic mass is 9.83. The predicted molar refractivity (Wildman–Crippen MR) is 83.4 cm³/mol. The van der Waals surface area contributed by atoms with Crippen LogP contribution in [0.2, 0.25) is 10.0 Å². The fourth-order valence-electron chi connectivity index (χ4n) is 2.66. The fourth-order valence-corrected chi connectivity index (χ4v) is 2.91. The van der Waals surface area contributed by atoms with Crippen molar-refractivity contribution >= 4 is 23.2 Å². The molecule has 1 nitrogen and oxygen atoms in total. The maximum atomic E-state index is 6.12. The van der Waals surface area contributed by atoms with Gasteiger partial charge >= 0.3 is 0 Å². The molecule has 2 aromatic carbocycles. The van der Waals surface area contributed by atoms with Crippen LogP contribution in [0.4, 0.5) is 0 Å². The number of benzene rings is 2. The van der Waals surface area contributed by atoms with Crippen molar-refractivity contribution in [1.82, 2.24) is 0 Å². The number of ether oxygens (including phenoxy) is 1. The molecule has 0 unspecified atom stereocenters. The first-order valence-electron chi connectivity index (χ1n) is 6.43. The fraction of sp³-hybridized carbons (Fsp3) is 0.176. The molecule has 1 aliphatic rings. The quantitative estimate of drug-likeness (QED) is 0.692. The van der Waals surface area contributed by atoms with Crippen LogP contribution in [-0.2, 0) is 10.3 Å². The van der Waals surface area contributed by atoms with Crippen molar-refractivity contribution < 1.29 is 4.74 Å². The Hall–Kier alpha value is -1.28. The smallest absolute Gasteiger partial charge is 0.122 e. The lowest BCUT2D eigenvalue weighted by Crippen LogP contribution is -2.26. The minimum Gasteiger partial charge on any atom is -0.361 e. The van der Waals surface area contributed by atoms with Gasteiger partial charge in [0.2, 0.25) is 0 Å². The Labute approximate surface area is 128 Å². The first-order valence-corrected chi connectivity index (χ1v) is 7.18. The van der Waals surface area contributed by atoms with E-state index in [9.17, 15) is 0 Å². The summed E-state index contributed by atoms with van der Waals surface area (Å²) >= 11 is 12.0. The third-order valence-corrected chi connectivity index (χ3v) is 4.15. The van der Waals surface area contributed by atoms with E-state index < -0.39 is 5.60 Å². The van der Waals surface area contributed by atoms with E-state index in [0.29, 0.717) is 6.61 Å². The number of halogens is 2. The molecule has 0 aliphatic carbocycles. The summed E-state index contributed by atoms with van der Waals surface area (Å²) in [6.07, 6.45) is 0.774. The Morgan fingerprint density at radius 3 is 1.65 bits per heavy atom. The van der Waals surface area contributed by atoms with Gasteiger partial charge in [0.15, 0.2) is 0 Å². The molecule has 1 heterocycles. The summed E-state index contributed by atoms with van der Waals surface area (Å²) in [5, 5.41) is 1.44. The molecule has 0 aromatic heterocycles. The Kier molecular flexibility index (Phi) is 3.59. The van der Waals surface area contributed by atoms with Gasteiger partial charge in [0.25, 0.3) is 0 Å². The van der Waals surface area contributed by atoms with Crippen molar-refractivity contribution in [3.63, 3.8) is 0 Å². The second-order valence-corrected chi connectivity index (χ2v) is 5.93. The van der Waals surface area contributed by atoms with Gasteiger partial charge in [-0.25, -0.2) is 0 Å². The van der Waals surface area contributed by atoms with Crippen molar-refractivity contribution in [2.24, 2.45) is 0 Å². The van der Waals surface area contributed by atoms with E-state index in [1.54, 1.807) is 0 Å². The lowest BCUT2D eigenvalue weighted by Gasteiger charge is -2.29. The summed E-state index contributed by atoms with van der Waals surface area (Å²) < 4.78 is 6.12. The Bertz CT molecular complexity index is 584. The van der Waals surface area contributed by atoms with Crippen LogP contribution in [0.1, 0.15) is 17.5 Å². The van der Waals surface area contributed by atoms with Crippen molar-refractivity contribution in [2.75, 3.05) is 6.61 Å². The third-order valence-electron chi connectivity index (χ3n) is 3.64. The van der Waals surface area contributed by atoms with Gasteiger partial charge in [-0.1, -0.05) is 54.0 Å². The molecule has 1 aliphatic heterocycles. The molecule has 3 rings (SSSR count). The molecule has 0 amide bonds. The maximum absolute atomic E-state index is 6.12. The molecule has 1 saturated heterocycles. The molecule has 2 aromatic rings. The van der Waals surface area contributed by atoms with Gasteiger partial charge in [-0.15, -0.1) is 0 Å². The highest BCUT2D eigenvalue weighted by Gasteiger charge is 2.40. The zero-order chi connectivity index (χ0) is 14.2. The largest absolute Gasteiger partial charge is 0.361 e. The van der Waals surface area contributed by atoms with Gasteiger partial charge in [-0.3, -0.25) is 0 Å². The summed E-state index contributed by atoms with van der Waals surface area (Å²) in [5.41, 5.74) is 2.78. The number of hydrogen-bond acceptors (Lipinski definition) is 1. The highest BCUT2D eigenvalue weighted by molar-refractivity contribution is 6.30. The molecular weight excluding hydrogens is 291 g/mol. The molecule has 0 atom stereocenters. The highest BCUT2D eigenvalue weighted by Crippen LogP contribution is 2.44. The molecular formula is C17H14Cl2O. The highest BCUT2D eigenvalue weighted by atomic mass is 35.5. The summed E-state index contributed by atoms with van der Waals surface area (Å²) in [6.45, 7) is 4.63. The van der Waals surface area contributed by atoms with Crippen LogP contribution in [0.25, 0.3) is 0 Å². The molecule has 0 saturated carbocycles. The van der Waals surface area contributed by atoms with E-state index in [4.69, 9.17) is 27.9 Å². The van der Waals surface area contributed by atoms with Crippen molar-refractivity contribution in [1.29, 1.82) is 0 Å². The molecule has 0 bridgehead atoms. The second-order valence-electron chi connectivity index (χ2n) is 5.06. The van der Waals surface area contributed by atoms with Gasteiger partial charge in [-0.2, -0.15) is 0 Å². The lowest BCUT2D eigenvalue weighted by molar-refractivity contribution is 0.0371. The van der Waals surface area contributed by atoms with Gasteiger partial charge < -0.3 is 4.74 Å². The van der Waals surface area contributed by atoms with Crippen LogP contribution < -0.4 is 0 Å². The van der Waals surface area contributed by atoms with Crippen LogP contribution in [0.3, 0.4) is 0 Å². The standard InChI is InChI=1S/C17H14Cl2O/c1-12-10-17(20-11-12,13-2-6-15(18)7-3-13)14-4-8-16(19)9-5-14/h2-9H,1,10-11H2. The zero-order valence-corrected chi connectivity index (χ0v) is 12.4. The van der Waals surface area contributed by atoms with Crippen LogP contribution in [-0.4, -0.2) is 6.61 Å². The summed E-state index contributed by atoms with van der Waals surface area (Å²) in [4.78, 5) is 0. The van der Waals surface area contributed by atoms with Crippen molar-refractivity contribution in [2.45, 2.75) is 12.0 Å². The van der Waals surface area contributed by atoms with E-state index >= 15 is 0 Å². The van der Waals surface area contributed by atoms with E-state index in [-0.39, 0.29) is 0 Å². The summed E-state index contributed by atoms with van der Waals surface area (Å²) in [5.74, 6) is 0. The maximum Gasteiger partial charge on any atom is 0.122 e. The first-order chi connectivity index (χ1) is 9.60. The summed E-state index contributed by atoms with van der Waals surface area (Å²) in [7, 11) is 0. The van der Waals surface area contributed by atoms with Gasteiger partial charge in [0.05, 0.1) is 6.61 Å². The van der Waals surface area contributed by atoms with Gasteiger partial charge in [0.1, 0.15) is 5.60 Å². The van der Waals surface area contributed by atoms with Gasteiger partial charge in [0, 0.05) is 16.5 Å². The van der Waals surface area contributed by atoms with Crippen molar-refractivity contribution in [3.8, 4) is 0 Å². The van der Waals surface area contributed by atoms with Crippen LogP contribution in [0, 0.1) is 0 Å². The first kappa shape index (κ1) is 13.7. The normalized spacial score (nSPS) is 17.4. The minimum atomic E-state index is -0.480. The third kappa shape index (κ3) is 2.37. The SMILES string of the molecule is C=C1COC(c2ccc(Cl)cc2)(c2ccc(Cl)cc2)C1. The molecule has 1 fully saturated rings. The van der Waals surface area contributed by atoms with E-state index in [2.05, 4.69) is 6.58 Å². The zero-order valence-electron chi connectivity index (χ0n) is 10.9. The topological polar surface area (TPSA) is 9.23 Å². The van der Waals surface area contributed by atoms with E-state index in [1.165, 1.54) is 0 Å². The van der Waals surface area contributed by atoms with Gasteiger partial charge in [-0.05, 0) is 41.0 Å². The van der Waals surface area contributed by atoms with Crippen molar-refractivity contribution in [3.05, 3.63) is 81.9 Å². The Balaban J connectivity index is 2.12. The number of hydrogen-bond donors (Lipinski definition) is 0.